The highest BCUT2D eigenvalue weighted by molar-refractivity contribution is 7.98. The van der Waals surface area contributed by atoms with E-state index in [1.807, 2.05) is 19.9 Å². The standard InChI is InChI=1S/C21H25FN6OS/c1-13(2)9-10-23-20(29)19-18(12-30-21-24-14(3)11-15(4)25-21)28(27-26-19)17-7-5-16(22)6-8-17/h5-8,11,13H,9-10,12H2,1-4H3,(H,23,29). The van der Waals surface area contributed by atoms with Crippen LogP contribution in [0, 0.1) is 25.6 Å². The SMILES string of the molecule is Cc1cc(C)nc(SCc2c(C(=O)NCCC(C)C)nnn2-c2ccc(F)cc2)n1. The van der Waals surface area contributed by atoms with Crippen molar-refractivity contribution in [2.45, 2.75) is 45.0 Å². The number of carbonyl (C=O) groups is 1. The van der Waals surface area contributed by atoms with Crippen LogP contribution in [0.4, 0.5) is 4.39 Å². The number of nitrogens with zero attached hydrogens (tertiary/aromatic N) is 5. The molecule has 2 aromatic heterocycles. The van der Waals surface area contributed by atoms with Crippen molar-refractivity contribution >= 4 is 17.7 Å². The first-order valence-electron chi connectivity index (χ1n) is 9.77. The highest BCUT2D eigenvalue weighted by Gasteiger charge is 2.21. The third kappa shape index (κ3) is 5.63. The number of thioether (sulfide) groups is 1. The van der Waals surface area contributed by atoms with E-state index in [2.05, 4.69) is 39.4 Å². The molecule has 2 heterocycles. The molecule has 0 aliphatic heterocycles. The summed E-state index contributed by atoms with van der Waals surface area (Å²) in [4.78, 5) is 21.6. The van der Waals surface area contributed by atoms with Crippen molar-refractivity contribution in [3.63, 3.8) is 0 Å². The van der Waals surface area contributed by atoms with E-state index < -0.39 is 0 Å². The minimum Gasteiger partial charge on any atom is -0.351 e. The molecule has 30 heavy (non-hydrogen) atoms. The normalized spacial score (nSPS) is 11.1. The molecule has 0 aliphatic carbocycles. The van der Waals surface area contributed by atoms with Crippen molar-refractivity contribution < 1.29 is 9.18 Å². The van der Waals surface area contributed by atoms with Crippen molar-refractivity contribution in [3.05, 3.63) is 58.9 Å². The lowest BCUT2D eigenvalue weighted by atomic mass is 10.1. The minimum atomic E-state index is -0.343. The van der Waals surface area contributed by atoms with Gasteiger partial charge in [-0.1, -0.05) is 30.8 Å². The fourth-order valence-electron chi connectivity index (χ4n) is 2.85. The number of halogens is 1. The average Bonchev–Trinajstić information content (AvgIpc) is 3.10. The first-order valence-corrected chi connectivity index (χ1v) is 10.8. The molecule has 3 rings (SSSR count). The molecule has 9 heteroatoms. The van der Waals surface area contributed by atoms with Gasteiger partial charge in [-0.3, -0.25) is 4.79 Å². The number of aromatic nitrogens is 5. The third-order valence-corrected chi connectivity index (χ3v) is 5.21. The van der Waals surface area contributed by atoms with Gasteiger partial charge in [0.05, 0.1) is 11.4 Å². The Bertz CT molecular complexity index is 999. The van der Waals surface area contributed by atoms with E-state index in [4.69, 9.17) is 0 Å². The fourth-order valence-corrected chi connectivity index (χ4v) is 3.79. The summed E-state index contributed by atoms with van der Waals surface area (Å²) in [6.45, 7) is 8.59. The van der Waals surface area contributed by atoms with Crippen molar-refractivity contribution in [1.82, 2.24) is 30.3 Å². The van der Waals surface area contributed by atoms with Crippen LogP contribution in [0.15, 0.2) is 35.5 Å². The monoisotopic (exact) mass is 428 g/mol. The summed E-state index contributed by atoms with van der Waals surface area (Å²) in [5.74, 6) is 0.253. The minimum absolute atomic E-state index is 0.250. The molecule has 0 bridgehead atoms. The summed E-state index contributed by atoms with van der Waals surface area (Å²) in [6, 6.07) is 7.81. The zero-order valence-electron chi connectivity index (χ0n) is 17.5. The van der Waals surface area contributed by atoms with E-state index >= 15 is 0 Å². The average molecular weight is 429 g/mol. The van der Waals surface area contributed by atoms with Crippen LogP contribution in [-0.4, -0.2) is 37.4 Å². The second-order valence-corrected chi connectivity index (χ2v) is 8.38. The van der Waals surface area contributed by atoms with Gasteiger partial charge in [0.1, 0.15) is 5.82 Å². The number of carbonyl (C=O) groups excluding carboxylic acids is 1. The summed E-state index contributed by atoms with van der Waals surface area (Å²) >= 11 is 1.40. The third-order valence-electron chi connectivity index (χ3n) is 4.36. The lowest BCUT2D eigenvalue weighted by Crippen LogP contribution is -2.26. The van der Waals surface area contributed by atoms with Crippen LogP contribution < -0.4 is 5.32 Å². The van der Waals surface area contributed by atoms with Crippen LogP contribution in [0.25, 0.3) is 5.69 Å². The van der Waals surface area contributed by atoms with Gasteiger partial charge in [0.15, 0.2) is 10.9 Å². The van der Waals surface area contributed by atoms with Crippen LogP contribution in [-0.2, 0) is 5.75 Å². The van der Waals surface area contributed by atoms with E-state index in [-0.39, 0.29) is 17.4 Å². The van der Waals surface area contributed by atoms with E-state index in [1.54, 1.807) is 16.8 Å². The Balaban J connectivity index is 1.88. The van der Waals surface area contributed by atoms with Crippen LogP contribution in [0.1, 0.15) is 47.8 Å². The number of rotatable bonds is 8. The largest absolute Gasteiger partial charge is 0.351 e. The van der Waals surface area contributed by atoms with Gasteiger partial charge >= 0.3 is 0 Å². The Morgan fingerprint density at radius 1 is 1.17 bits per heavy atom. The number of benzene rings is 1. The summed E-state index contributed by atoms with van der Waals surface area (Å²) in [5.41, 5.74) is 3.24. The number of nitrogens with one attached hydrogen (secondary N) is 1. The summed E-state index contributed by atoms with van der Waals surface area (Å²) in [6.07, 6.45) is 0.873. The van der Waals surface area contributed by atoms with Crippen LogP contribution in [0.5, 0.6) is 0 Å². The molecular weight excluding hydrogens is 403 g/mol. The number of aryl methyl sites for hydroxylation is 2. The molecule has 0 atom stereocenters. The second kappa shape index (κ2) is 9.80. The Morgan fingerprint density at radius 3 is 2.47 bits per heavy atom. The molecule has 1 amide bonds. The van der Waals surface area contributed by atoms with Crippen molar-refractivity contribution in [1.29, 1.82) is 0 Å². The van der Waals surface area contributed by atoms with E-state index in [9.17, 15) is 9.18 Å². The van der Waals surface area contributed by atoms with E-state index in [1.165, 1.54) is 23.9 Å². The van der Waals surface area contributed by atoms with Gasteiger partial charge in [0.2, 0.25) is 0 Å². The predicted octanol–water partition coefficient (Wildman–Crippen LogP) is 3.88. The maximum Gasteiger partial charge on any atom is 0.273 e. The molecule has 0 fully saturated rings. The molecule has 3 aromatic rings. The van der Waals surface area contributed by atoms with Gasteiger partial charge in [-0.15, -0.1) is 5.10 Å². The maximum atomic E-state index is 13.4. The molecule has 7 nitrogen and oxygen atoms in total. The zero-order valence-corrected chi connectivity index (χ0v) is 18.3. The molecule has 0 aliphatic rings. The van der Waals surface area contributed by atoms with Gasteiger partial charge in [0, 0.05) is 23.7 Å². The first-order chi connectivity index (χ1) is 14.3. The lowest BCUT2D eigenvalue weighted by Gasteiger charge is -2.09. The van der Waals surface area contributed by atoms with Crippen molar-refractivity contribution in [3.8, 4) is 5.69 Å². The van der Waals surface area contributed by atoms with Crippen LogP contribution >= 0.6 is 11.8 Å². The number of hydrogen-bond acceptors (Lipinski definition) is 6. The smallest absolute Gasteiger partial charge is 0.273 e. The predicted molar refractivity (Wildman–Crippen MR) is 114 cm³/mol. The highest BCUT2D eigenvalue weighted by atomic mass is 32.2. The molecule has 158 valence electrons. The topological polar surface area (TPSA) is 85.6 Å². The molecule has 0 unspecified atom stereocenters. The van der Waals surface area contributed by atoms with Gasteiger partial charge in [0.25, 0.3) is 5.91 Å². The summed E-state index contributed by atoms with van der Waals surface area (Å²) in [7, 11) is 0. The Hall–Kier alpha value is -2.81. The molecular formula is C21H25FN6OS. The highest BCUT2D eigenvalue weighted by Crippen LogP contribution is 2.24. The molecule has 0 spiro atoms. The molecule has 1 aromatic carbocycles. The Labute approximate surface area is 179 Å². The molecule has 0 saturated heterocycles. The first kappa shape index (κ1) is 21.9. The van der Waals surface area contributed by atoms with E-state index in [0.29, 0.717) is 34.8 Å². The Kier molecular flexibility index (Phi) is 7.15. The van der Waals surface area contributed by atoms with Crippen molar-refractivity contribution in [2.75, 3.05) is 6.54 Å². The summed E-state index contributed by atoms with van der Waals surface area (Å²) < 4.78 is 14.9. The van der Waals surface area contributed by atoms with Gasteiger partial charge in [-0.2, -0.15) is 0 Å². The van der Waals surface area contributed by atoms with Gasteiger partial charge < -0.3 is 5.32 Å². The maximum absolute atomic E-state index is 13.4. The van der Waals surface area contributed by atoms with Gasteiger partial charge in [-0.25, -0.2) is 19.0 Å². The van der Waals surface area contributed by atoms with Crippen LogP contribution in [0.3, 0.4) is 0 Å². The molecule has 1 N–H and O–H groups in total. The van der Waals surface area contributed by atoms with Crippen LogP contribution in [0.2, 0.25) is 0 Å². The zero-order chi connectivity index (χ0) is 21.7. The lowest BCUT2D eigenvalue weighted by molar-refractivity contribution is 0.0946. The molecule has 0 saturated carbocycles. The van der Waals surface area contributed by atoms with E-state index in [0.717, 1.165) is 17.8 Å². The molecule has 0 radical (unpaired) electrons. The van der Waals surface area contributed by atoms with Crippen molar-refractivity contribution in [2.24, 2.45) is 5.92 Å². The number of amides is 1. The summed E-state index contributed by atoms with van der Waals surface area (Å²) in [5, 5.41) is 11.8. The quantitative estimate of drug-likeness (QED) is 0.433. The van der Waals surface area contributed by atoms with Gasteiger partial charge in [-0.05, 0) is 56.5 Å². The second-order valence-electron chi connectivity index (χ2n) is 7.43. The fraction of sp³-hybridized carbons (Fsp3) is 0.381. The Morgan fingerprint density at radius 2 is 1.83 bits per heavy atom. The number of hydrogen-bond donors (Lipinski definition) is 1.